The average molecular weight is 255 g/mol. The number of benzene rings is 1. The van der Waals surface area contributed by atoms with Crippen LogP contribution in [0.25, 0.3) is 0 Å². The molecule has 0 aromatic heterocycles. The summed E-state index contributed by atoms with van der Waals surface area (Å²) in [7, 11) is 3.70. The van der Waals surface area contributed by atoms with E-state index in [-0.39, 0.29) is 0 Å². The molecule has 0 aliphatic heterocycles. The summed E-state index contributed by atoms with van der Waals surface area (Å²) in [6, 6.07) is 7.31. The fraction of sp³-hybridized carbons (Fsp3) is 0.417. The van der Waals surface area contributed by atoms with Gasteiger partial charge in [-0.05, 0) is 19.1 Å². The third-order valence-electron chi connectivity index (χ3n) is 2.02. The summed E-state index contributed by atoms with van der Waals surface area (Å²) < 4.78 is 0. The lowest BCUT2D eigenvalue weighted by atomic mass is 10.1. The molecule has 0 saturated heterocycles. The molecule has 2 nitrogen and oxygen atoms in total. The third kappa shape index (κ3) is 4.49. The van der Waals surface area contributed by atoms with Gasteiger partial charge in [0.05, 0.1) is 0 Å². The summed E-state index contributed by atoms with van der Waals surface area (Å²) in [6.45, 7) is 4.89. The second-order valence-electron chi connectivity index (χ2n) is 3.21. The van der Waals surface area contributed by atoms with Crippen molar-refractivity contribution in [3.8, 4) is 5.75 Å². The molecule has 0 amide bonds. The molecule has 1 rings (SSSR count). The standard InChI is InChI=1S/C12H17NOS2/c1-3-15-16-9-8-13-10(2)11-6-4-5-7-12(11)14/h4-7,14H,3,8-9H2,1-2H3/b13-10-. The van der Waals surface area contributed by atoms with Gasteiger partial charge in [0, 0.05) is 29.3 Å². The number of rotatable bonds is 6. The second kappa shape index (κ2) is 7.63. The average Bonchev–Trinajstić information content (AvgIpc) is 2.29. The molecule has 0 spiro atoms. The number of aromatic hydroxyl groups is 1. The summed E-state index contributed by atoms with van der Waals surface area (Å²) in [5.41, 5.74) is 1.73. The van der Waals surface area contributed by atoms with E-state index in [0.29, 0.717) is 5.75 Å². The minimum absolute atomic E-state index is 0.305. The zero-order chi connectivity index (χ0) is 11.8. The first-order chi connectivity index (χ1) is 7.75. The number of hydrogen-bond donors (Lipinski definition) is 1. The van der Waals surface area contributed by atoms with E-state index < -0.39 is 0 Å². The Hall–Kier alpha value is -0.610. The smallest absolute Gasteiger partial charge is 0.124 e. The predicted octanol–water partition coefficient (Wildman–Crippen LogP) is 3.60. The summed E-state index contributed by atoms with van der Waals surface area (Å²) in [5.74, 6) is 2.45. The van der Waals surface area contributed by atoms with Crippen LogP contribution in [0.2, 0.25) is 0 Å². The van der Waals surface area contributed by atoms with Crippen LogP contribution in [0.1, 0.15) is 19.4 Å². The number of hydrogen-bond acceptors (Lipinski definition) is 4. The maximum Gasteiger partial charge on any atom is 0.124 e. The van der Waals surface area contributed by atoms with E-state index in [9.17, 15) is 5.11 Å². The molecule has 0 aliphatic carbocycles. The lowest BCUT2D eigenvalue weighted by Gasteiger charge is -2.03. The van der Waals surface area contributed by atoms with E-state index in [1.165, 1.54) is 0 Å². The van der Waals surface area contributed by atoms with Crippen LogP contribution in [0.15, 0.2) is 29.3 Å². The van der Waals surface area contributed by atoms with Gasteiger partial charge < -0.3 is 5.11 Å². The van der Waals surface area contributed by atoms with Crippen molar-refractivity contribution in [1.82, 2.24) is 0 Å². The van der Waals surface area contributed by atoms with Crippen LogP contribution in [-0.4, -0.2) is 28.9 Å². The van der Waals surface area contributed by atoms with Crippen LogP contribution >= 0.6 is 21.6 Å². The molecule has 0 bridgehead atoms. The van der Waals surface area contributed by atoms with E-state index in [4.69, 9.17) is 0 Å². The van der Waals surface area contributed by atoms with Gasteiger partial charge in [-0.1, -0.05) is 40.6 Å². The SMILES string of the molecule is CCSSCC/N=C(/C)c1ccccc1O. The van der Waals surface area contributed by atoms with Crippen molar-refractivity contribution >= 4 is 27.3 Å². The Morgan fingerprint density at radius 3 is 2.75 bits per heavy atom. The molecule has 1 aromatic carbocycles. The molecule has 0 unspecified atom stereocenters. The first kappa shape index (κ1) is 13.5. The molecule has 16 heavy (non-hydrogen) atoms. The minimum atomic E-state index is 0.305. The van der Waals surface area contributed by atoms with Crippen molar-refractivity contribution in [1.29, 1.82) is 0 Å². The van der Waals surface area contributed by atoms with Gasteiger partial charge in [0.1, 0.15) is 5.75 Å². The molecule has 0 aliphatic rings. The molecular formula is C12H17NOS2. The Bertz CT molecular complexity index is 353. The lowest BCUT2D eigenvalue weighted by Crippen LogP contribution is -1.97. The molecule has 0 radical (unpaired) electrons. The van der Waals surface area contributed by atoms with Gasteiger partial charge in [-0.2, -0.15) is 0 Å². The summed E-state index contributed by atoms with van der Waals surface area (Å²) >= 11 is 0. The van der Waals surface area contributed by atoms with Crippen LogP contribution in [0, 0.1) is 0 Å². The highest BCUT2D eigenvalue weighted by atomic mass is 33.1. The topological polar surface area (TPSA) is 32.6 Å². The Kier molecular flexibility index (Phi) is 6.42. The largest absolute Gasteiger partial charge is 0.507 e. The van der Waals surface area contributed by atoms with Crippen LogP contribution in [0.5, 0.6) is 5.75 Å². The molecule has 88 valence electrons. The Morgan fingerprint density at radius 1 is 1.31 bits per heavy atom. The monoisotopic (exact) mass is 255 g/mol. The maximum absolute atomic E-state index is 9.63. The van der Waals surface area contributed by atoms with Gasteiger partial charge in [0.2, 0.25) is 0 Å². The number of phenols is 1. The predicted molar refractivity (Wildman–Crippen MR) is 75.8 cm³/mol. The fourth-order valence-corrected chi connectivity index (χ4v) is 2.79. The van der Waals surface area contributed by atoms with Crippen LogP contribution < -0.4 is 0 Å². The number of aliphatic imine (C=N–C) groups is 1. The Labute approximate surface area is 105 Å². The van der Waals surface area contributed by atoms with Crippen LogP contribution in [0.3, 0.4) is 0 Å². The van der Waals surface area contributed by atoms with Crippen molar-refractivity contribution in [2.45, 2.75) is 13.8 Å². The van der Waals surface area contributed by atoms with E-state index in [2.05, 4.69) is 11.9 Å². The second-order valence-corrected chi connectivity index (χ2v) is 6.08. The van der Waals surface area contributed by atoms with Crippen molar-refractivity contribution in [3.05, 3.63) is 29.8 Å². The highest BCUT2D eigenvalue weighted by molar-refractivity contribution is 8.76. The molecule has 1 N–H and O–H groups in total. The van der Waals surface area contributed by atoms with Crippen LogP contribution in [-0.2, 0) is 0 Å². The molecule has 1 aromatic rings. The van der Waals surface area contributed by atoms with E-state index in [1.54, 1.807) is 6.07 Å². The van der Waals surface area contributed by atoms with Crippen LogP contribution in [0.4, 0.5) is 0 Å². The zero-order valence-corrected chi connectivity index (χ0v) is 11.3. The summed E-state index contributed by atoms with van der Waals surface area (Å²) in [5, 5.41) is 9.63. The number of phenolic OH excluding ortho intramolecular Hbond substituents is 1. The van der Waals surface area contributed by atoms with Gasteiger partial charge in [-0.15, -0.1) is 0 Å². The van der Waals surface area contributed by atoms with Gasteiger partial charge in [0.15, 0.2) is 0 Å². The highest BCUT2D eigenvalue weighted by Gasteiger charge is 2.01. The first-order valence-corrected chi connectivity index (χ1v) is 7.78. The zero-order valence-electron chi connectivity index (χ0n) is 9.64. The quantitative estimate of drug-likeness (QED) is 0.479. The number of nitrogens with zero attached hydrogens (tertiary/aromatic N) is 1. The van der Waals surface area contributed by atoms with Gasteiger partial charge in [0.25, 0.3) is 0 Å². The maximum atomic E-state index is 9.63. The molecule has 0 fully saturated rings. The molecule has 0 atom stereocenters. The first-order valence-electron chi connectivity index (χ1n) is 5.29. The van der Waals surface area contributed by atoms with E-state index >= 15 is 0 Å². The number of para-hydroxylation sites is 1. The Morgan fingerprint density at radius 2 is 2.06 bits per heavy atom. The van der Waals surface area contributed by atoms with Gasteiger partial charge in [-0.3, -0.25) is 4.99 Å². The molecule has 4 heteroatoms. The van der Waals surface area contributed by atoms with Crippen molar-refractivity contribution in [2.75, 3.05) is 18.1 Å². The molecule has 0 saturated carbocycles. The summed E-state index contributed by atoms with van der Waals surface area (Å²) in [4.78, 5) is 4.45. The normalized spacial score (nSPS) is 11.8. The Balaban J connectivity index is 2.47. The van der Waals surface area contributed by atoms with Crippen molar-refractivity contribution in [3.63, 3.8) is 0 Å². The van der Waals surface area contributed by atoms with E-state index in [1.807, 2.05) is 46.7 Å². The van der Waals surface area contributed by atoms with E-state index in [0.717, 1.165) is 29.3 Å². The minimum Gasteiger partial charge on any atom is -0.507 e. The van der Waals surface area contributed by atoms with Crippen molar-refractivity contribution in [2.24, 2.45) is 4.99 Å². The van der Waals surface area contributed by atoms with Crippen molar-refractivity contribution < 1.29 is 5.11 Å². The third-order valence-corrected chi connectivity index (χ3v) is 4.48. The van der Waals surface area contributed by atoms with Gasteiger partial charge in [-0.25, -0.2) is 0 Å². The summed E-state index contributed by atoms with van der Waals surface area (Å²) in [6.07, 6.45) is 0. The lowest BCUT2D eigenvalue weighted by molar-refractivity contribution is 0.474. The molecular weight excluding hydrogens is 238 g/mol. The molecule has 0 heterocycles. The van der Waals surface area contributed by atoms with Gasteiger partial charge >= 0.3 is 0 Å². The highest BCUT2D eigenvalue weighted by Crippen LogP contribution is 2.20. The fourth-order valence-electron chi connectivity index (χ4n) is 1.26.